The van der Waals surface area contributed by atoms with Crippen molar-refractivity contribution in [2.45, 2.75) is 12.3 Å². The fourth-order valence-electron chi connectivity index (χ4n) is 2.03. The highest BCUT2D eigenvalue weighted by molar-refractivity contribution is 5.79. The Balaban J connectivity index is 2.31. The quantitative estimate of drug-likeness (QED) is 0.565. The van der Waals surface area contributed by atoms with Crippen LogP contribution < -0.4 is 0 Å². The molecule has 1 aliphatic heterocycles. The Morgan fingerprint density at radius 2 is 2.06 bits per heavy atom. The molecule has 1 saturated heterocycles. The van der Waals surface area contributed by atoms with Crippen molar-refractivity contribution in [1.82, 2.24) is 0 Å². The molecule has 1 aromatic carbocycles. The minimum Gasteiger partial charge on any atom is -0.465 e. The van der Waals surface area contributed by atoms with Crippen molar-refractivity contribution in [2.24, 2.45) is 5.92 Å². The predicted molar refractivity (Wildman–Crippen MR) is 58.4 cm³/mol. The number of ether oxygens (including phenoxy) is 1. The predicted octanol–water partition coefficient (Wildman–Crippen LogP) is 2.66. The van der Waals surface area contributed by atoms with Gasteiger partial charge in [0.05, 0.1) is 12.5 Å². The lowest BCUT2D eigenvalue weighted by Gasteiger charge is -2.28. The average Bonchev–Trinajstić information content (AvgIpc) is 2.30. The maximum atomic E-state index is 12.8. The maximum Gasteiger partial charge on any atom is 0.314 e. The number of hydrogen-bond donors (Lipinski definition) is 0. The van der Waals surface area contributed by atoms with E-state index in [4.69, 9.17) is 4.74 Å². The molecule has 84 valence electrons. The van der Waals surface area contributed by atoms with Gasteiger partial charge < -0.3 is 4.74 Å². The molecule has 0 unspecified atom stereocenters. The van der Waals surface area contributed by atoms with Gasteiger partial charge in [0, 0.05) is 0 Å². The Kier molecular flexibility index (Phi) is 3.04. The molecular weight excluding hydrogens is 207 g/mol. The third kappa shape index (κ3) is 1.98. The number of cyclic esters (lactones) is 1. The van der Waals surface area contributed by atoms with Crippen LogP contribution in [0, 0.1) is 11.7 Å². The maximum absolute atomic E-state index is 12.8. The molecule has 2 rings (SSSR count). The van der Waals surface area contributed by atoms with Crippen molar-refractivity contribution >= 4 is 5.97 Å². The first-order valence-corrected chi connectivity index (χ1v) is 5.27. The summed E-state index contributed by atoms with van der Waals surface area (Å²) < 4.78 is 17.8. The van der Waals surface area contributed by atoms with E-state index in [2.05, 4.69) is 6.58 Å². The lowest BCUT2D eigenvalue weighted by atomic mass is 9.83. The largest absolute Gasteiger partial charge is 0.465 e. The smallest absolute Gasteiger partial charge is 0.314 e. The molecule has 1 aliphatic rings. The Hall–Kier alpha value is -1.64. The summed E-state index contributed by atoms with van der Waals surface area (Å²) in [6, 6.07) is 5.97. The van der Waals surface area contributed by atoms with Crippen LogP contribution in [0.2, 0.25) is 0 Å². The van der Waals surface area contributed by atoms with E-state index in [9.17, 15) is 9.18 Å². The zero-order valence-electron chi connectivity index (χ0n) is 8.86. The molecule has 2 nitrogen and oxygen atoms in total. The van der Waals surface area contributed by atoms with Crippen LogP contribution in [-0.2, 0) is 9.53 Å². The molecule has 0 amide bonds. The van der Waals surface area contributed by atoms with Crippen molar-refractivity contribution in [3.8, 4) is 0 Å². The first-order valence-electron chi connectivity index (χ1n) is 5.27. The topological polar surface area (TPSA) is 26.3 Å². The minimum absolute atomic E-state index is 0.0757. The van der Waals surface area contributed by atoms with Crippen LogP contribution in [-0.4, -0.2) is 12.6 Å². The molecule has 1 fully saturated rings. The summed E-state index contributed by atoms with van der Waals surface area (Å²) in [4.78, 5) is 11.7. The van der Waals surface area contributed by atoms with E-state index in [0.717, 1.165) is 12.0 Å². The van der Waals surface area contributed by atoms with Gasteiger partial charge in [-0.1, -0.05) is 18.2 Å². The number of hydrogen-bond acceptors (Lipinski definition) is 2. The van der Waals surface area contributed by atoms with Crippen LogP contribution in [0.25, 0.3) is 0 Å². The van der Waals surface area contributed by atoms with E-state index in [0.29, 0.717) is 6.61 Å². The number of carbonyl (C=O) groups excluding carboxylic acids is 1. The molecule has 0 spiro atoms. The van der Waals surface area contributed by atoms with Gasteiger partial charge in [-0.3, -0.25) is 4.79 Å². The zero-order chi connectivity index (χ0) is 11.5. The highest BCUT2D eigenvalue weighted by Crippen LogP contribution is 2.32. The van der Waals surface area contributed by atoms with Crippen LogP contribution >= 0.6 is 0 Å². The molecule has 0 aliphatic carbocycles. The van der Waals surface area contributed by atoms with Gasteiger partial charge in [-0.2, -0.15) is 0 Å². The number of esters is 1. The van der Waals surface area contributed by atoms with Gasteiger partial charge in [-0.05, 0) is 30.0 Å². The van der Waals surface area contributed by atoms with Gasteiger partial charge in [-0.15, -0.1) is 6.58 Å². The molecular formula is C13H13FO2. The fourth-order valence-corrected chi connectivity index (χ4v) is 2.03. The molecule has 0 radical (unpaired) electrons. The van der Waals surface area contributed by atoms with Crippen molar-refractivity contribution in [3.63, 3.8) is 0 Å². The number of carbonyl (C=O) groups is 1. The minimum atomic E-state index is -0.341. The molecule has 3 heteroatoms. The second-order valence-corrected chi connectivity index (χ2v) is 3.88. The molecule has 2 atom stereocenters. The summed E-state index contributed by atoms with van der Waals surface area (Å²) in [6.45, 7) is 4.17. The highest BCUT2D eigenvalue weighted by atomic mass is 19.1. The first-order chi connectivity index (χ1) is 7.72. The number of allylic oxidation sites excluding steroid dienone is 1. The number of benzene rings is 1. The monoisotopic (exact) mass is 220 g/mol. The Morgan fingerprint density at radius 1 is 1.38 bits per heavy atom. The lowest BCUT2D eigenvalue weighted by Crippen LogP contribution is -2.29. The van der Waals surface area contributed by atoms with E-state index < -0.39 is 0 Å². The molecule has 1 heterocycles. The van der Waals surface area contributed by atoms with Gasteiger partial charge >= 0.3 is 5.97 Å². The van der Waals surface area contributed by atoms with E-state index in [1.54, 1.807) is 18.2 Å². The summed E-state index contributed by atoms with van der Waals surface area (Å²) >= 11 is 0. The van der Waals surface area contributed by atoms with Crippen LogP contribution in [0.4, 0.5) is 4.39 Å². The molecule has 0 aromatic heterocycles. The van der Waals surface area contributed by atoms with Crippen molar-refractivity contribution < 1.29 is 13.9 Å². The number of rotatable bonds is 2. The van der Waals surface area contributed by atoms with Gasteiger partial charge in [-0.25, -0.2) is 4.39 Å². The van der Waals surface area contributed by atoms with E-state index in [1.165, 1.54) is 12.1 Å². The van der Waals surface area contributed by atoms with Gasteiger partial charge in [0.15, 0.2) is 0 Å². The Labute approximate surface area is 93.7 Å². The Morgan fingerprint density at radius 3 is 2.69 bits per heavy atom. The van der Waals surface area contributed by atoms with Crippen LogP contribution in [0.3, 0.4) is 0 Å². The van der Waals surface area contributed by atoms with Crippen molar-refractivity contribution in [2.75, 3.05) is 6.61 Å². The number of halogens is 1. The van der Waals surface area contributed by atoms with E-state index >= 15 is 0 Å². The normalized spacial score (nSPS) is 24.9. The van der Waals surface area contributed by atoms with Gasteiger partial charge in [0.2, 0.25) is 0 Å². The second kappa shape index (κ2) is 4.47. The summed E-state index contributed by atoms with van der Waals surface area (Å²) in [6.07, 6.45) is 2.55. The second-order valence-electron chi connectivity index (χ2n) is 3.88. The molecule has 16 heavy (non-hydrogen) atoms. The van der Waals surface area contributed by atoms with E-state index in [-0.39, 0.29) is 23.6 Å². The fraction of sp³-hybridized carbons (Fsp3) is 0.308. The van der Waals surface area contributed by atoms with Crippen molar-refractivity contribution in [3.05, 3.63) is 48.3 Å². The lowest BCUT2D eigenvalue weighted by molar-refractivity contribution is -0.150. The molecule has 0 bridgehead atoms. The van der Waals surface area contributed by atoms with E-state index in [1.807, 2.05) is 0 Å². The molecule has 0 saturated carbocycles. The molecule has 0 N–H and O–H groups in total. The summed E-state index contributed by atoms with van der Waals surface area (Å²) in [5.41, 5.74) is 0.788. The Bertz CT molecular complexity index is 397. The SMILES string of the molecule is C=C[C@H]1CCOC(=O)[C@@H]1c1ccc(F)cc1. The third-order valence-electron chi connectivity index (χ3n) is 2.91. The van der Waals surface area contributed by atoms with Crippen LogP contribution in [0.15, 0.2) is 36.9 Å². The van der Waals surface area contributed by atoms with Crippen molar-refractivity contribution in [1.29, 1.82) is 0 Å². The summed E-state index contributed by atoms with van der Waals surface area (Å²) in [5.74, 6) is -0.815. The first kappa shape index (κ1) is 10.9. The average molecular weight is 220 g/mol. The van der Waals surface area contributed by atoms with Gasteiger partial charge in [0.25, 0.3) is 0 Å². The highest BCUT2D eigenvalue weighted by Gasteiger charge is 2.33. The standard InChI is InChI=1S/C13H13FO2/c1-2-9-7-8-16-13(15)12(9)10-3-5-11(14)6-4-10/h2-6,9,12H,1,7-8H2/t9-,12-/m0/s1. The van der Waals surface area contributed by atoms with Crippen LogP contribution in [0.5, 0.6) is 0 Å². The molecule has 1 aromatic rings. The summed E-state index contributed by atoms with van der Waals surface area (Å²) in [5, 5.41) is 0. The van der Waals surface area contributed by atoms with Crippen LogP contribution in [0.1, 0.15) is 17.9 Å². The zero-order valence-corrected chi connectivity index (χ0v) is 8.86. The third-order valence-corrected chi connectivity index (χ3v) is 2.91. The summed E-state index contributed by atoms with van der Waals surface area (Å²) in [7, 11) is 0. The van der Waals surface area contributed by atoms with Gasteiger partial charge in [0.1, 0.15) is 5.82 Å².